The molecule has 0 atom stereocenters. The Kier molecular flexibility index (Phi) is 3.51. The van der Waals surface area contributed by atoms with Gasteiger partial charge in [0.1, 0.15) is 17.3 Å². The van der Waals surface area contributed by atoms with Crippen molar-refractivity contribution in [2.75, 3.05) is 11.6 Å². The number of nitrogens with zero attached hydrogens (tertiary/aromatic N) is 4. The molecule has 0 radical (unpaired) electrons. The molecular weight excluding hydrogens is 343 g/mol. The standard InChI is InChI=1S/C17H12ClFN6/c18-11-6-4-9(5-7-11)16-22-15(20)13-14(24-25(21)17(13)23-16)10-2-1-3-12(19)8-10/h1-8H,21H2,(H2,20,22,23). The number of benzene rings is 2. The normalized spacial score (nSPS) is 11.1. The van der Waals surface area contributed by atoms with Crippen LogP contribution >= 0.6 is 11.6 Å². The summed E-state index contributed by atoms with van der Waals surface area (Å²) in [7, 11) is 0. The maximum atomic E-state index is 13.5. The van der Waals surface area contributed by atoms with Crippen LogP contribution in [0.5, 0.6) is 0 Å². The highest BCUT2D eigenvalue weighted by Crippen LogP contribution is 2.31. The lowest BCUT2D eigenvalue weighted by molar-refractivity contribution is 0.628. The Morgan fingerprint density at radius 1 is 1.00 bits per heavy atom. The molecule has 0 aliphatic heterocycles. The summed E-state index contributed by atoms with van der Waals surface area (Å²) >= 11 is 5.90. The number of aromatic nitrogens is 4. The SMILES string of the molecule is Nc1nc(-c2ccc(Cl)cc2)nc2c1c(-c1cccc(F)c1)nn2N. The smallest absolute Gasteiger partial charge is 0.186 e. The van der Waals surface area contributed by atoms with Crippen molar-refractivity contribution in [2.45, 2.75) is 0 Å². The van der Waals surface area contributed by atoms with Gasteiger partial charge < -0.3 is 11.6 Å². The van der Waals surface area contributed by atoms with Gasteiger partial charge in [-0.15, -0.1) is 5.10 Å². The summed E-state index contributed by atoms with van der Waals surface area (Å²) in [4.78, 5) is 9.91. The number of nitrogen functional groups attached to an aromatic ring is 2. The summed E-state index contributed by atoms with van der Waals surface area (Å²) in [6, 6.07) is 13.1. The molecule has 6 nitrogen and oxygen atoms in total. The van der Waals surface area contributed by atoms with E-state index in [9.17, 15) is 4.39 Å². The minimum atomic E-state index is -0.380. The average Bonchev–Trinajstić information content (AvgIpc) is 2.93. The monoisotopic (exact) mass is 354 g/mol. The van der Waals surface area contributed by atoms with Gasteiger partial charge in [0.05, 0.1) is 5.39 Å². The lowest BCUT2D eigenvalue weighted by Crippen LogP contribution is -2.11. The quantitative estimate of drug-likeness (QED) is 0.539. The number of halogens is 2. The molecule has 0 spiro atoms. The van der Waals surface area contributed by atoms with Gasteiger partial charge in [-0.2, -0.15) is 4.79 Å². The van der Waals surface area contributed by atoms with Crippen molar-refractivity contribution in [3.05, 3.63) is 59.4 Å². The van der Waals surface area contributed by atoms with Crippen molar-refractivity contribution < 1.29 is 4.39 Å². The van der Waals surface area contributed by atoms with E-state index in [-0.39, 0.29) is 11.6 Å². The van der Waals surface area contributed by atoms with Crippen molar-refractivity contribution in [1.29, 1.82) is 0 Å². The third-order valence-corrected chi connectivity index (χ3v) is 4.03. The van der Waals surface area contributed by atoms with E-state index in [0.717, 1.165) is 10.4 Å². The van der Waals surface area contributed by atoms with Crippen molar-refractivity contribution in [1.82, 2.24) is 19.9 Å². The molecule has 8 heteroatoms. The van der Waals surface area contributed by atoms with E-state index in [1.807, 2.05) is 0 Å². The van der Waals surface area contributed by atoms with Crippen molar-refractivity contribution in [3.63, 3.8) is 0 Å². The molecular formula is C17H12ClFN6. The predicted molar refractivity (Wildman–Crippen MR) is 95.7 cm³/mol. The Hall–Kier alpha value is -3.19. The highest BCUT2D eigenvalue weighted by atomic mass is 35.5. The summed E-state index contributed by atoms with van der Waals surface area (Å²) < 4.78 is 13.5. The number of anilines is 1. The number of fused-ring (bicyclic) bond motifs is 1. The fraction of sp³-hybridized carbons (Fsp3) is 0. The van der Waals surface area contributed by atoms with Gasteiger partial charge in [0.15, 0.2) is 11.5 Å². The zero-order valence-corrected chi connectivity index (χ0v) is 13.6. The van der Waals surface area contributed by atoms with Crippen LogP contribution in [0.25, 0.3) is 33.7 Å². The maximum absolute atomic E-state index is 13.5. The van der Waals surface area contributed by atoms with Crippen LogP contribution in [-0.2, 0) is 0 Å². The summed E-state index contributed by atoms with van der Waals surface area (Å²) in [5, 5.41) is 5.32. The maximum Gasteiger partial charge on any atom is 0.186 e. The van der Waals surface area contributed by atoms with E-state index < -0.39 is 0 Å². The molecule has 0 amide bonds. The first-order chi connectivity index (χ1) is 12.0. The zero-order valence-electron chi connectivity index (χ0n) is 12.8. The number of hydrogen-bond acceptors (Lipinski definition) is 5. The molecule has 2 heterocycles. The molecule has 2 aromatic carbocycles. The van der Waals surface area contributed by atoms with E-state index in [4.69, 9.17) is 23.2 Å². The zero-order chi connectivity index (χ0) is 17.6. The van der Waals surface area contributed by atoms with Crippen LogP contribution in [0.4, 0.5) is 10.2 Å². The second-order valence-corrected chi connectivity index (χ2v) is 5.88. The van der Waals surface area contributed by atoms with E-state index in [2.05, 4.69) is 15.1 Å². The highest BCUT2D eigenvalue weighted by molar-refractivity contribution is 6.30. The number of hydrogen-bond donors (Lipinski definition) is 2. The van der Waals surface area contributed by atoms with Crippen LogP contribution in [0.15, 0.2) is 48.5 Å². The van der Waals surface area contributed by atoms with Crippen LogP contribution in [0.1, 0.15) is 0 Å². The van der Waals surface area contributed by atoms with Crippen molar-refractivity contribution in [3.8, 4) is 22.6 Å². The van der Waals surface area contributed by atoms with Gasteiger partial charge in [-0.25, -0.2) is 14.4 Å². The van der Waals surface area contributed by atoms with Gasteiger partial charge in [0, 0.05) is 16.1 Å². The Morgan fingerprint density at radius 2 is 1.76 bits per heavy atom. The highest BCUT2D eigenvalue weighted by Gasteiger charge is 2.18. The summed E-state index contributed by atoms with van der Waals surface area (Å²) in [5.74, 6) is 6.17. The Morgan fingerprint density at radius 3 is 2.48 bits per heavy atom. The molecule has 0 aliphatic carbocycles. The first-order valence-corrected chi connectivity index (χ1v) is 7.74. The van der Waals surface area contributed by atoms with Gasteiger partial charge >= 0.3 is 0 Å². The van der Waals surface area contributed by atoms with Gasteiger partial charge in [-0.05, 0) is 36.4 Å². The van der Waals surface area contributed by atoms with Crippen LogP contribution in [0.2, 0.25) is 5.02 Å². The molecule has 4 N–H and O–H groups in total. The molecule has 0 saturated heterocycles. The summed E-state index contributed by atoms with van der Waals surface area (Å²) in [6.45, 7) is 0. The van der Waals surface area contributed by atoms with E-state index >= 15 is 0 Å². The molecule has 0 saturated carbocycles. The summed E-state index contributed by atoms with van der Waals surface area (Å²) in [5.41, 5.74) is 8.21. The second-order valence-electron chi connectivity index (χ2n) is 5.44. The van der Waals surface area contributed by atoms with E-state index in [1.54, 1.807) is 36.4 Å². The number of nitrogens with two attached hydrogens (primary N) is 2. The van der Waals surface area contributed by atoms with E-state index in [1.165, 1.54) is 12.1 Å². The van der Waals surface area contributed by atoms with Crippen LogP contribution in [0.3, 0.4) is 0 Å². The van der Waals surface area contributed by atoms with Crippen LogP contribution in [-0.4, -0.2) is 19.9 Å². The molecule has 0 unspecified atom stereocenters. The largest absolute Gasteiger partial charge is 0.383 e. The average molecular weight is 355 g/mol. The van der Waals surface area contributed by atoms with E-state index in [0.29, 0.717) is 33.1 Å². The van der Waals surface area contributed by atoms with Gasteiger partial charge in [-0.3, -0.25) is 0 Å². The molecule has 0 bridgehead atoms. The van der Waals surface area contributed by atoms with Crippen molar-refractivity contribution in [2.24, 2.45) is 0 Å². The third-order valence-electron chi connectivity index (χ3n) is 3.78. The third kappa shape index (κ3) is 2.64. The molecule has 4 aromatic rings. The Bertz CT molecular complexity index is 1090. The molecule has 0 aliphatic rings. The second kappa shape index (κ2) is 5.71. The molecule has 25 heavy (non-hydrogen) atoms. The Balaban J connectivity index is 1.94. The minimum Gasteiger partial charge on any atom is -0.383 e. The first kappa shape index (κ1) is 15.3. The van der Waals surface area contributed by atoms with Gasteiger partial charge in [-0.1, -0.05) is 23.7 Å². The van der Waals surface area contributed by atoms with Crippen LogP contribution in [0, 0.1) is 5.82 Å². The molecule has 124 valence electrons. The van der Waals surface area contributed by atoms with Crippen LogP contribution < -0.4 is 11.6 Å². The van der Waals surface area contributed by atoms with Gasteiger partial charge in [0.2, 0.25) is 0 Å². The first-order valence-electron chi connectivity index (χ1n) is 7.36. The minimum absolute atomic E-state index is 0.214. The fourth-order valence-electron chi connectivity index (χ4n) is 2.63. The lowest BCUT2D eigenvalue weighted by atomic mass is 10.1. The molecule has 4 rings (SSSR count). The van der Waals surface area contributed by atoms with Gasteiger partial charge in [0.25, 0.3) is 0 Å². The topological polar surface area (TPSA) is 95.6 Å². The number of rotatable bonds is 2. The fourth-order valence-corrected chi connectivity index (χ4v) is 2.76. The lowest BCUT2D eigenvalue weighted by Gasteiger charge is -2.04. The molecule has 2 aromatic heterocycles. The van der Waals surface area contributed by atoms with Crippen molar-refractivity contribution >= 4 is 28.5 Å². The predicted octanol–water partition coefficient (Wildman–Crippen LogP) is 3.25. The summed E-state index contributed by atoms with van der Waals surface area (Å²) in [6.07, 6.45) is 0. The molecule has 0 fully saturated rings. The Labute approximate surface area is 146 Å².